The summed E-state index contributed by atoms with van der Waals surface area (Å²) < 4.78 is 0.991. The van der Waals surface area contributed by atoms with Crippen LogP contribution in [-0.2, 0) is 17.8 Å². The molecule has 1 aliphatic heterocycles. The largest absolute Gasteiger partial charge is 0.375 e. The number of fused-ring (bicyclic) bond motifs is 2. The van der Waals surface area contributed by atoms with Crippen LogP contribution < -0.4 is 16.4 Å². The molecule has 4 N–H and O–H groups in total. The average Bonchev–Trinajstić information content (AvgIpc) is 2.95. The fraction of sp³-hybridized carbons (Fsp3) is 0.222. The number of carbonyl (C=O) groups excluding carboxylic acids is 1. The summed E-state index contributed by atoms with van der Waals surface area (Å²) in [7, 11) is 0. The zero-order valence-corrected chi connectivity index (χ0v) is 16.6. The maximum Gasteiger partial charge on any atom is 0.241 e. The Kier molecular flexibility index (Phi) is 6.47. The smallest absolute Gasteiger partial charge is 0.241 e. The molecule has 1 aliphatic rings. The normalized spacial score (nSPS) is 15.5. The van der Waals surface area contributed by atoms with E-state index in [2.05, 4.69) is 27.8 Å². The number of rotatable bonds is 2. The highest BCUT2D eigenvalue weighted by molar-refractivity contribution is 7.22. The zero-order chi connectivity index (χ0) is 16.7. The number of carbonyl (C=O) groups is 1. The third kappa shape index (κ3) is 3.94. The standard InChI is InChI=1S/C18H18N4OS.2ClH/c1-10-6-13(8-15-16(10)22-18(19)24-15)21-17(23)14-7-11-4-2-3-5-12(11)9-20-14;;/h2-6,8,14,20H,7,9H2,1H3,(H2,19,22)(H,21,23);2*1H/t14-;;/m1../s1. The van der Waals surface area contributed by atoms with Crippen LogP contribution in [0.25, 0.3) is 10.2 Å². The molecule has 4 rings (SSSR count). The lowest BCUT2D eigenvalue weighted by Crippen LogP contribution is -2.44. The molecule has 1 aromatic heterocycles. The SMILES string of the molecule is Cc1cc(NC(=O)[C@H]2Cc3ccccc3CN2)cc2sc(N)nc12.Cl.Cl. The first-order chi connectivity index (χ1) is 11.6. The summed E-state index contributed by atoms with van der Waals surface area (Å²) in [4.78, 5) is 16.9. The lowest BCUT2D eigenvalue weighted by Gasteiger charge is -2.25. The number of aromatic nitrogens is 1. The van der Waals surface area contributed by atoms with Crippen molar-refractivity contribution in [3.05, 3.63) is 53.1 Å². The minimum Gasteiger partial charge on any atom is -0.375 e. The molecular formula is C18H20Cl2N4OS. The maximum absolute atomic E-state index is 12.6. The van der Waals surface area contributed by atoms with Gasteiger partial charge < -0.3 is 16.4 Å². The van der Waals surface area contributed by atoms with Crippen LogP contribution in [0.1, 0.15) is 16.7 Å². The molecule has 0 unspecified atom stereocenters. The number of amides is 1. The van der Waals surface area contributed by atoms with Gasteiger partial charge in [0.2, 0.25) is 5.91 Å². The highest BCUT2D eigenvalue weighted by Gasteiger charge is 2.24. The van der Waals surface area contributed by atoms with Crippen molar-refractivity contribution in [3.8, 4) is 0 Å². The van der Waals surface area contributed by atoms with E-state index in [-0.39, 0.29) is 36.8 Å². The zero-order valence-electron chi connectivity index (χ0n) is 14.1. The van der Waals surface area contributed by atoms with Gasteiger partial charge in [0.25, 0.3) is 0 Å². The molecule has 1 amide bonds. The minimum atomic E-state index is -0.220. The van der Waals surface area contributed by atoms with Gasteiger partial charge in [-0.3, -0.25) is 4.79 Å². The quantitative estimate of drug-likeness (QED) is 0.601. The van der Waals surface area contributed by atoms with Crippen LogP contribution in [-0.4, -0.2) is 16.9 Å². The number of thiazole rings is 1. The monoisotopic (exact) mass is 410 g/mol. The van der Waals surface area contributed by atoms with Crippen molar-refractivity contribution in [2.45, 2.75) is 25.9 Å². The molecule has 5 nitrogen and oxygen atoms in total. The van der Waals surface area contributed by atoms with Gasteiger partial charge in [0.1, 0.15) is 0 Å². The number of nitrogens with one attached hydrogen (secondary N) is 2. The van der Waals surface area contributed by atoms with Crippen LogP contribution in [0.3, 0.4) is 0 Å². The maximum atomic E-state index is 12.6. The van der Waals surface area contributed by atoms with Gasteiger partial charge in [-0.2, -0.15) is 0 Å². The molecule has 2 heterocycles. The summed E-state index contributed by atoms with van der Waals surface area (Å²) in [5.41, 5.74) is 11.0. The molecule has 3 aromatic rings. The second kappa shape index (κ2) is 8.22. The highest BCUT2D eigenvalue weighted by Crippen LogP contribution is 2.29. The van der Waals surface area contributed by atoms with Gasteiger partial charge in [-0.25, -0.2) is 4.98 Å². The molecule has 0 aliphatic carbocycles. The van der Waals surface area contributed by atoms with Gasteiger partial charge in [0.05, 0.1) is 16.3 Å². The second-order valence-corrected chi connectivity index (χ2v) is 7.15. The van der Waals surface area contributed by atoms with Crippen molar-refractivity contribution >= 4 is 63.1 Å². The molecule has 0 bridgehead atoms. The van der Waals surface area contributed by atoms with Crippen LogP contribution in [0.2, 0.25) is 0 Å². The molecule has 1 atom stereocenters. The van der Waals surface area contributed by atoms with Gasteiger partial charge >= 0.3 is 0 Å². The predicted octanol–water partition coefficient (Wildman–Crippen LogP) is 3.68. The Labute approximate surface area is 168 Å². The first kappa shape index (κ1) is 20.5. The van der Waals surface area contributed by atoms with E-state index in [4.69, 9.17) is 5.73 Å². The van der Waals surface area contributed by atoms with Crippen LogP contribution in [0.5, 0.6) is 0 Å². The van der Waals surface area contributed by atoms with Gasteiger partial charge in [0.15, 0.2) is 5.13 Å². The molecule has 8 heteroatoms. The molecule has 138 valence electrons. The molecule has 0 radical (unpaired) electrons. The number of anilines is 2. The summed E-state index contributed by atoms with van der Waals surface area (Å²) in [5, 5.41) is 6.87. The molecule has 0 saturated carbocycles. The first-order valence-corrected chi connectivity index (χ1v) is 8.69. The lowest BCUT2D eigenvalue weighted by atomic mass is 9.95. The third-order valence-electron chi connectivity index (χ3n) is 4.37. The average molecular weight is 411 g/mol. The fourth-order valence-corrected chi connectivity index (χ4v) is 4.01. The number of halogens is 2. The molecule has 26 heavy (non-hydrogen) atoms. The number of nitrogens with two attached hydrogens (primary N) is 1. The van der Waals surface area contributed by atoms with Gasteiger partial charge in [0, 0.05) is 12.2 Å². The predicted molar refractivity (Wildman–Crippen MR) is 113 cm³/mol. The summed E-state index contributed by atoms with van der Waals surface area (Å²) in [6.45, 7) is 2.70. The Balaban J connectivity index is 0.00000121. The van der Waals surface area contributed by atoms with Gasteiger partial charge in [-0.05, 0) is 42.2 Å². The molecule has 0 saturated heterocycles. The van der Waals surface area contributed by atoms with Gasteiger partial charge in [-0.15, -0.1) is 24.8 Å². The van der Waals surface area contributed by atoms with E-state index in [9.17, 15) is 4.79 Å². The van der Waals surface area contributed by atoms with Gasteiger partial charge in [-0.1, -0.05) is 35.6 Å². The van der Waals surface area contributed by atoms with E-state index in [1.807, 2.05) is 31.2 Å². The Morgan fingerprint density at radius 1 is 1.27 bits per heavy atom. The van der Waals surface area contributed by atoms with E-state index in [0.717, 1.165) is 28.0 Å². The number of aryl methyl sites for hydroxylation is 1. The summed E-state index contributed by atoms with van der Waals surface area (Å²) in [6, 6.07) is 11.9. The number of nitrogen functional groups attached to an aromatic ring is 1. The Hall–Kier alpha value is -1.86. The van der Waals surface area contributed by atoms with Crippen molar-refractivity contribution in [3.63, 3.8) is 0 Å². The second-order valence-electron chi connectivity index (χ2n) is 6.09. The molecule has 2 aromatic carbocycles. The van der Waals surface area contributed by atoms with E-state index in [1.165, 1.54) is 22.5 Å². The molecule has 0 spiro atoms. The number of nitrogens with zero attached hydrogens (tertiary/aromatic N) is 1. The summed E-state index contributed by atoms with van der Waals surface area (Å²) in [5.74, 6) is -0.0132. The molecule has 0 fully saturated rings. The fourth-order valence-electron chi connectivity index (χ4n) is 3.16. The van der Waals surface area contributed by atoms with Crippen LogP contribution in [0.4, 0.5) is 10.8 Å². The summed E-state index contributed by atoms with van der Waals surface area (Å²) >= 11 is 1.43. The lowest BCUT2D eigenvalue weighted by molar-refractivity contribution is -0.118. The van der Waals surface area contributed by atoms with Crippen molar-refractivity contribution < 1.29 is 4.79 Å². The first-order valence-electron chi connectivity index (χ1n) is 7.88. The highest BCUT2D eigenvalue weighted by atomic mass is 35.5. The molecular weight excluding hydrogens is 391 g/mol. The number of hydrogen-bond donors (Lipinski definition) is 3. The third-order valence-corrected chi connectivity index (χ3v) is 5.20. The Morgan fingerprint density at radius 3 is 2.77 bits per heavy atom. The Bertz CT molecular complexity index is 944. The number of hydrogen-bond acceptors (Lipinski definition) is 5. The van der Waals surface area contributed by atoms with E-state index in [0.29, 0.717) is 11.6 Å². The van der Waals surface area contributed by atoms with Crippen molar-refractivity contribution in [1.82, 2.24) is 10.3 Å². The minimum absolute atomic E-state index is 0. The van der Waals surface area contributed by atoms with Crippen molar-refractivity contribution in [1.29, 1.82) is 0 Å². The Morgan fingerprint density at radius 2 is 2.00 bits per heavy atom. The van der Waals surface area contributed by atoms with Crippen LogP contribution >= 0.6 is 36.2 Å². The van der Waals surface area contributed by atoms with Crippen molar-refractivity contribution in [2.75, 3.05) is 11.1 Å². The van der Waals surface area contributed by atoms with E-state index >= 15 is 0 Å². The van der Waals surface area contributed by atoms with E-state index < -0.39 is 0 Å². The summed E-state index contributed by atoms with van der Waals surface area (Å²) in [6.07, 6.45) is 0.705. The van der Waals surface area contributed by atoms with E-state index in [1.54, 1.807) is 0 Å². The van der Waals surface area contributed by atoms with Crippen LogP contribution in [0, 0.1) is 6.92 Å². The number of benzene rings is 2. The topological polar surface area (TPSA) is 80.0 Å². The van der Waals surface area contributed by atoms with Crippen LogP contribution in [0.15, 0.2) is 36.4 Å². The van der Waals surface area contributed by atoms with Crippen molar-refractivity contribution in [2.24, 2.45) is 0 Å².